The lowest BCUT2D eigenvalue weighted by atomic mass is 10.2. The molecule has 0 bridgehead atoms. The second-order valence-corrected chi connectivity index (χ2v) is 2.15. The molecule has 0 N–H and O–H groups in total. The predicted octanol–water partition coefficient (Wildman–Crippen LogP) is 1.22. The summed E-state index contributed by atoms with van der Waals surface area (Å²) < 4.78 is 0. The lowest BCUT2D eigenvalue weighted by molar-refractivity contribution is 1.25. The van der Waals surface area contributed by atoms with Gasteiger partial charge < -0.3 is 0 Å². The van der Waals surface area contributed by atoms with Crippen LogP contribution in [0, 0.1) is 34.5 Å². The highest BCUT2D eigenvalue weighted by molar-refractivity contribution is 5.43. The number of hydrogen-bond donors (Lipinski definition) is 0. The standard InChI is InChI=1S/C10H5N3/c11-6-2-1-4-9-5-3-7-13-10(9)8-12/h3,5,7H,2H2. The number of nitrogens with zero attached hydrogens (tertiary/aromatic N) is 3. The van der Waals surface area contributed by atoms with E-state index >= 15 is 0 Å². The molecular weight excluding hydrogens is 162 g/mol. The van der Waals surface area contributed by atoms with Gasteiger partial charge in [0.1, 0.15) is 6.07 Å². The van der Waals surface area contributed by atoms with E-state index in [0.717, 1.165) is 0 Å². The van der Waals surface area contributed by atoms with Crippen molar-refractivity contribution in [1.29, 1.82) is 10.5 Å². The van der Waals surface area contributed by atoms with Crippen LogP contribution >= 0.6 is 0 Å². The summed E-state index contributed by atoms with van der Waals surface area (Å²) in [5, 5.41) is 16.9. The zero-order valence-corrected chi connectivity index (χ0v) is 6.78. The summed E-state index contributed by atoms with van der Waals surface area (Å²) in [6.07, 6.45) is 1.70. The molecule has 0 fully saturated rings. The molecule has 0 aliphatic rings. The third-order valence-electron chi connectivity index (χ3n) is 1.30. The van der Waals surface area contributed by atoms with E-state index < -0.39 is 0 Å². The SMILES string of the molecule is N#CCC#Cc1cccnc1C#N. The van der Waals surface area contributed by atoms with E-state index in [9.17, 15) is 0 Å². The fraction of sp³-hybridized carbons (Fsp3) is 0.100. The van der Waals surface area contributed by atoms with Crippen LogP contribution in [0.15, 0.2) is 18.3 Å². The van der Waals surface area contributed by atoms with Gasteiger partial charge in [0, 0.05) is 6.20 Å². The molecule has 0 unspecified atom stereocenters. The molecule has 0 aromatic carbocycles. The maximum atomic E-state index is 8.63. The largest absolute Gasteiger partial charge is 0.244 e. The van der Waals surface area contributed by atoms with E-state index in [4.69, 9.17) is 10.5 Å². The van der Waals surface area contributed by atoms with Gasteiger partial charge in [0.15, 0.2) is 5.69 Å². The summed E-state index contributed by atoms with van der Waals surface area (Å²) in [6, 6.07) is 7.23. The fourth-order valence-corrected chi connectivity index (χ4v) is 0.774. The molecule has 1 heterocycles. The molecule has 1 rings (SSSR count). The maximum Gasteiger partial charge on any atom is 0.156 e. The van der Waals surface area contributed by atoms with Crippen molar-refractivity contribution in [2.24, 2.45) is 0 Å². The molecule has 1 aromatic heterocycles. The smallest absolute Gasteiger partial charge is 0.156 e. The number of hydrogen-bond acceptors (Lipinski definition) is 3. The maximum absolute atomic E-state index is 8.63. The van der Waals surface area contributed by atoms with Crippen LogP contribution in [0.3, 0.4) is 0 Å². The Labute approximate surface area is 76.3 Å². The van der Waals surface area contributed by atoms with Gasteiger partial charge in [0.2, 0.25) is 0 Å². The van der Waals surface area contributed by atoms with E-state index in [1.54, 1.807) is 12.1 Å². The first-order valence-corrected chi connectivity index (χ1v) is 3.59. The number of aromatic nitrogens is 1. The topological polar surface area (TPSA) is 60.5 Å². The molecule has 1 aromatic rings. The predicted molar refractivity (Wildman–Crippen MR) is 46.1 cm³/mol. The van der Waals surface area contributed by atoms with Crippen molar-refractivity contribution in [3.63, 3.8) is 0 Å². The van der Waals surface area contributed by atoms with Crippen molar-refractivity contribution < 1.29 is 0 Å². The Balaban J connectivity index is 2.99. The number of pyridine rings is 1. The van der Waals surface area contributed by atoms with E-state index in [-0.39, 0.29) is 6.42 Å². The molecule has 0 spiro atoms. The summed E-state index contributed by atoms with van der Waals surface area (Å²) in [6.45, 7) is 0. The van der Waals surface area contributed by atoms with Crippen molar-refractivity contribution >= 4 is 0 Å². The third kappa shape index (κ3) is 2.33. The Morgan fingerprint density at radius 2 is 2.23 bits per heavy atom. The Morgan fingerprint density at radius 1 is 1.38 bits per heavy atom. The van der Waals surface area contributed by atoms with Crippen LogP contribution in [-0.2, 0) is 0 Å². The highest BCUT2D eigenvalue weighted by Crippen LogP contribution is 2.00. The third-order valence-corrected chi connectivity index (χ3v) is 1.30. The highest BCUT2D eigenvalue weighted by Gasteiger charge is 1.96. The zero-order chi connectivity index (χ0) is 9.52. The van der Waals surface area contributed by atoms with Crippen LogP contribution in [-0.4, -0.2) is 4.98 Å². The van der Waals surface area contributed by atoms with E-state index in [1.165, 1.54) is 6.20 Å². The minimum absolute atomic E-state index is 0.166. The van der Waals surface area contributed by atoms with E-state index in [2.05, 4.69) is 16.8 Å². The van der Waals surface area contributed by atoms with Gasteiger partial charge in [0.25, 0.3) is 0 Å². The molecule has 3 heteroatoms. The molecule has 0 radical (unpaired) electrons. The average molecular weight is 167 g/mol. The zero-order valence-electron chi connectivity index (χ0n) is 6.78. The van der Waals surface area contributed by atoms with Gasteiger partial charge in [0.05, 0.1) is 18.1 Å². The summed E-state index contributed by atoms with van der Waals surface area (Å²) in [4.78, 5) is 3.83. The fourth-order valence-electron chi connectivity index (χ4n) is 0.774. The number of nitriles is 2. The second kappa shape index (κ2) is 4.54. The summed E-state index contributed by atoms with van der Waals surface area (Å²) >= 11 is 0. The van der Waals surface area contributed by atoms with Crippen molar-refractivity contribution in [3.05, 3.63) is 29.6 Å². The van der Waals surface area contributed by atoms with E-state index in [1.807, 2.05) is 12.1 Å². The van der Waals surface area contributed by atoms with Crippen molar-refractivity contribution in [2.75, 3.05) is 0 Å². The molecule has 60 valence electrons. The highest BCUT2D eigenvalue weighted by atomic mass is 14.7. The summed E-state index contributed by atoms with van der Waals surface area (Å²) in [7, 11) is 0. The summed E-state index contributed by atoms with van der Waals surface area (Å²) in [5.74, 6) is 5.33. The van der Waals surface area contributed by atoms with Crippen LogP contribution in [0.25, 0.3) is 0 Å². The van der Waals surface area contributed by atoms with Crippen LogP contribution in [0.4, 0.5) is 0 Å². The Morgan fingerprint density at radius 3 is 2.92 bits per heavy atom. The molecule has 3 nitrogen and oxygen atoms in total. The van der Waals surface area contributed by atoms with Crippen LogP contribution in [0.5, 0.6) is 0 Å². The lowest BCUT2D eigenvalue weighted by Crippen LogP contribution is -1.86. The van der Waals surface area contributed by atoms with Gasteiger partial charge in [-0.1, -0.05) is 11.8 Å². The molecular formula is C10H5N3. The summed E-state index contributed by atoms with van der Waals surface area (Å²) in [5.41, 5.74) is 0.869. The molecule has 0 atom stereocenters. The van der Waals surface area contributed by atoms with Crippen molar-refractivity contribution in [2.45, 2.75) is 6.42 Å². The van der Waals surface area contributed by atoms with Crippen LogP contribution in [0.2, 0.25) is 0 Å². The average Bonchev–Trinajstić information content (AvgIpc) is 2.19. The minimum Gasteiger partial charge on any atom is -0.244 e. The molecule has 0 saturated heterocycles. The second-order valence-electron chi connectivity index (χ2n) is 2.15. The first kappa shape index (κ1) is 8.78. The van der Waals surface area contributed by atoms with Gasteiger partial charge in [-0.3, -0.25) is 0 Å². The Bertz CT molecular complexity index is 438. The molecule has 0 saturated carbocycles. The van der Waals surface area contributed by atoms with E-state index in [0.29, 0.717) is 11.3 Å². The quantitative estimate of drug-likeness (QED) is 0.546. The van der Waals surface area contributed by atoms with Gasteiger partial charge in [-0.15, -0.1) is 0 Å². The molecule has 13 heavy (non-hydrogen) atoms. The van der Waals surface area contributed by atoms with Crippen LogP contribution < -0.4 is 0 Å². The Kier molecular flexibility index (Phi) is 3.07. The first-order chi connectivity index (χ1) is 6.38. The normalized spacial score (nSPS) is 7.54. The van der Waals surface area contributed by atoms with Gasteiger partial charge in [-0.25, -0.2) is 4.98 Å². The van der Waals surface area contributed by atoms with Crippen molar-refractivity contribution in [1.82, 2.24) is 4.98 Å². The van der Waals surface area contributed by atoms with Gasteiger partial charge >= 0.3 is 0 Å². The molecule has 0 aliphatic heterocycles. The molecule has 0 aliphatic carbocycles. The molecule has 0 amide bonds. The van der Waals surface area contributed by atoms with Gasteiger partial charge in [-0.2, -0.15) is 10.5 Å². The monoisotopic (exact) mass is 167 g/mol. The van der Waals surface area contributed by atoms with Crippen LogP contribution in [0.1, 0.15) is 17.7 Å². The number of rotatable bonds is 0. The minimum atomic E-state index is 0.166. The van der Waals surface area contributed by atoms with Gasteiger partial charge in [-0.05, 0) is 12.1 Å². The Hall–Kier alpha value is -2.31. The van der Waals surface area contributed by atoms with Crippen molar-refractivity contribution in [3.8, 4) is 24.0 Å². The lowest BCUT2D eigenvalue weighted by Gasteiger charge is -1.90. The first-order valence-electron chi connectivity index (χ1n) is 3.59.